The Kier molecular flexibility index (Phi) is 4.34. The Bertz CT molecular complexity index is 677. The highest BCUT2D eigenvalue weighted by Crippen LogP contribution is 2.27. The van der Waals surface area contributed by atoms with Gasteiger partial charge in [0.25, 0.3) is 0 Å². The minimum Gasteiger partial charge on any atom is -0.380 e. The zero-order valence-electron chi connectivity index (χ0n) is 12.7. The van der Waals surface area contributed by atoms with E-state index in [-0.39, 0.29) is 16.7 Å². The lowest BCUT2D eigenvalue weighted by atomic mass is 9.91. The largest absolute Gasteiger partial charge is 0.380 e. The van der Waals surface area contributed by atoms with Gasteiger partial charge in [-0.25, -0.2) is 8.42 Å². The van der Waals surface area contributed by atoms with Crippen molar-refractivity contribution in [3.63, 3.8) is 0 Å². The summed E-state index contributed by atoms with van der Waals surface area (Å²) in [6.07, 6.45) is 3.86. The molecule has 0 unspecified atom stereocenters. The van der Waals surface area contributed by atoms with Gasteiger partial charge in [-0.15, -0.1) is 0 Å². The number of rotatable bonds is 3. The highest BCUT2D eigenvalue weighted by molar-refractivity contribution is 7.89. The van der Waals surface area contributed by atoms with Crippen LogP contribution in [0.15, 0.2) is 23.1 Å². The van der Waals surface area contributed by atoms with Crippen LogP contribution < -0.4 is 0 Å². The van der Waals surface area contributed by atoms with E-state index in [1.807, 2.05) is 0 Å². The van der Waals surface area contributed by atoms with Crippen LogP contribution in [0.3, 0.4) is 0 Å². The molecule has 0 radical (unpaired) electrons. The van der Waals surface area contributed by atoms with Crippen LogP contribution in [-0.2, 0) is 21.2 Å². The van der Waals surface area contributed by atoms with Crippen LogP contribution in [0.1, 0.15) is 41.6 Å². The third kappa shape index (κ3) is 2.83. The third-order valence-electron chi connectivity index (χ3n) is 4.56. The van der Waals surface area contributed by atoms with Gasteiger partial charge >= 0.3 is 0 Å². The van der Waals surface area contributed by atoms with Crippen LogP contribution in [0.25, 0.3) is 0 Å². The zero-order valence-corrected chi connectivity index (χ0v) is 13.6. The average molecular weight is 323 g/mol. The molecule has 2 aliphatic rings. The van der Waals surface area contributed by atoms with E-state index in [4.69, 9.17) is 4.74 Å². The molecule has 1 fully saturated rings. The van der Waals surface area contributed by atoms with Crippen molar-refractivity contribution in [2.45, 2.75) is 43.0 Å². The molecule has 5 nitrogen and oxygen atoms in total. The molecular formula is C16H21NO4S. The number of carbonyl (C=O) groups is 1. The zero-order chi connectivity index (χ0) is 15.7. The fourth-order valence-electron chi connectivity index (χ4n) is 3.14. The summed E-state index contributed by atoms with van der Waals surface area (Å²) >= 11 is 0. The summed E-state index contributed by atoms with van der Waals surface area (Å²) in [4.78, 5) is 12.2. The Balaban J connectivity index is 1.91. The van der Waals surface area contributed by atoms with Gasteiger partial charge < -0.3 is 4.74 Å². The van der Waals surface area contributed by atoms with Crippen molar-refractivity contribution in [3.05, 3.63) is 29.3 Å². The summed E-state index contributed by atoms with van der Waals surface area (Å²) < 4.78 is 32.3. The van der Waals surface area contributed by atoms with Gasteiger partial charge in [-0.2, -0.15) is 4.31 Å². The van der Waals surface area contributed by atoms with E-state index >= 15 is 0 Å². The number of likely N-dealkylation sites (N-methyl/N-ethyl adjacent to an activating group) is 1. The highest BCUT2D eigenvalue weighted by atomic mass is 32.2. The summed E-state index contributed by atoms with van der Waals surface area (Å²) in [5.74, 6) is 0.0435. The molecule has 1 aliphatic carbocycles. The van der Waals surface area contributed by atoms with E-state index in [0.29, 0.717) is 25.2 Å². The molecule has 0 N–H and O–H groups in total. The van der Waals surface area contributed by atoms with Gasteiger partial charge in [-0.05, 0) is 43.4 Å². The second-order valence-electron chi connectivity index (χ2n) is 5.99. The smallest absolute Gasteiger partial charge is 0.243 e. The second kappa shape index (κ2) is 6.10. The maximum atomic E-state index is 12.8. The number of hydrogen-bond acceptors (Lipinski definition) is 4. The van der Waals surface area contributed by atoms with Crippen LogP contribution in [0.2, 0.25) is 0 Å². The van der Waals surface area contributed by atoms with E-state index in [9.17, 15) is 13.2 Å². The minimum absolute atomic E-state index is 0.0435. The number of carbonyl (C=O) groups excluding carboxylic acids is 1. The van der Waals surface area contributed by atoms with Gasteiger partial charge in [0.1, 0.15) is 0 Å². The van der Waals surface area contributed by atoms with E-state index in [1.165, 1.54) is 4.31 Å². The number of hydrogen-bond donors (Lipinski definition) is 0. The molecule has 0 bridgehead atoms. The second-order valence-corrected chi connectivity index (χ2v) is 7.99. The third-order valence-corrected chi connectivity index (χ3v) is 6.47. The SMILES string of the molecule is CN([C@H]1CCCOC1)S(=O)(=O)c1ccc2c(c1)C(=O)CCC2. The summed E-state index contributed by atoms with van der Waals surface area (Å²) in [7, 11) is -2.00. The topological polar surface area (TPSA) is 63.7 Å². The quantitative estimate of drug-likeness (QED) is 0.853. The van der Waals surface area contributed by atoms with Crippen LogP contribution in [-0.4, -0.2) is 44.8 Å². The Morgan fingerprint density at radius 1 is 1.23 bits per heavy atom. The van der Waals surface area contributed by atoms with Crippen molar-refractivity contribution in [3.8, 4) is 0 Å². The van der Waals surface area contributed by atoms with Crippen LogP contribution >= 0.6 is 0 Å². The summed E-state index contributed by atoms with van der Waals surface area (Å²) in [6, 6.07) is 4.81. The van der Waals surface area contributed by atoms with Crippen molar-refractivity contribution in [1.82, 2.24) is 4.31 Å². The Hall–Kier alpha value is -1.24. The monoisotopic (exact) mass is 323 g/mol. The van der Waals surface area contributed by atoms with Crippen LogP contribution in [0, 0.1) is 0 Å². The normalized spacial score (nSPS) is 22.6. The molecule has 0 amide bonds. The summed E-state index contributed by atoms with van der Waals surface area (Å²) in [5.41, 5.74) is 1.53. The predicted molar refractivity (Wildman–Crippen MR) is 82.5 cm³/mol. The summed E-state index contributed by atoms with van der Waals surface area (Å²) in [5, 5.41) is 0. The number of aryl methyl sites for hydroxylation is 1. The number of Topliss-reactive ketones (excluding diaryl/α,β-unsaturated/α-hetero) is 1. The first-order valence-corrected chi connectivity index (χ1v) is 9.16. The van der Waals surface area contributed by atoms with Crippen molar-refractivity contribution in [1.29, 1.82) is 0 Å². The maximum Gasteiger partial charge on any atom is 0.243 e. The lowest BCUT2D eigenvalue weighted by Crippen LogP contribution is -2.42. The Morgan fingerprint density at radius 3 is 2.77 bits per heavy atom. The molecule has 1 heterocycles. The molecule has 1 saturated heterocycles. The van der Waals surface area contributed by atoms with E-state index in [1.54, 1.807) is 25.2 Å². The molecule has 3 rings (SSSR count). The van der Waals surface area contributed by atoms with Gasteiger partial charge in [0, 0.05) is 31.7 Å². The first-order valence-electron chi connectivity index (χ1n) is 7.72. The number of benzene rings is 1. The number of sulfonamides is 1. The number of nitrogens with zero attached hydrogens (tertiary/aromatic N) is 1. The molecule has 6 heteroatoms. The Labute approximate surface area is 131 Å². The summed E-state index contributed by atoms with van der Waals surface area (Å²) in [6.45, 7) is 1.12. The predicted octanol–water partition coefficient (Wildman–Crippen LogP) is 2.01. The van der Waals surface area contributed by atoms with E-state index < -0.39 is 10.0 Å². The molecule has 1 aromatic carbocycles. The maximum absolute atomic E-state index is 12.8. The molecule has 1 atom stereocenters. The molecular weight excluding hydrogens is 302 g/mol. The lowest BCUT2D eigenvalue weighted by molar-refractivity contribution is 0.0512. The molecule has 1 aliphatic heterocycles. The van der Waals surface area contributed by atoms with E-state index in [2.05, 4.69) is 0 Å². The number of fused-ring (bicyclic) bond motifs is 1. The van der Waals surface area contributed by atoms with Crippen molar-refractivity contribution in [2.75, 3.05) is 20.3 Å². The van der Waals surface area contributed by atoms with Gasteiger partial charge in [-0.1, -0.05) is 6.07 Å². The van der Waals surface area contributed by atoms with Gasteiger partial charge in [0.05, 0.1) is 11.5 Å². The molecule has 1 aromatic rings. The lowest BCUT2D eigenvalue weighted by Gasteiger charge is -2.30. The molecule has 0 spiro atoms. The van der Waals surface area contributed by atoms with Gasteiger partial charge in [0.2, 0.25) is 10.0 Å². The number of ketones is 1. The van der Waals surface area contributed by atoms with Crippen molar-refractivity contribution < 1.29 is 17.9 Å². The first-order chi connectivity index (χ1) is 10.5. The molecule has 0 aromatic heterocycles. The fraction of sp³-hybridized carbons (Fsp3) is 0.562. The molecule has 0 saturated carbocycles. The fourth-order valence-corrected chi connectivity index (χ4v) is 4.54. The van der Waals surface area contributed by atoms with Gasteiger partial charge in [0.15, 0.2) is 5.78 Å². The van der Waals surface area contributed by atoms with Crippen LogP contribution in [0.4, 0.5) is 0 Å². The molecule has 22 heavy (non-hydrogen) atoms. The van der Waals surface area contributed by atoms with Crippen molar-refractivity contribution >= 4 is 15.8 Å². The van der Waals surface area contributed by atoms with Gasteiger partial charge in [-0.3, -0.25) is 4.79 Å². The standard InChI is InChI=1S/C16H21NO4S/c1-17(13-5-3-9-21-11-13)22(19,20)14-8-7-12-4-2-6-16(18)15(12)10-14/h7-8,10,13H,2-6,9,11H2,1H3/t13-/m0/s1. The molecule has 120 valence electrons. The average Bonchev–Trinajstić information content (AvgIpc) is 2.55. The Morgan fingerprint density at radius 2 is 2.05 bits per heavy atom. The first kappa shape index (κ1) is 15.6. The van der Waals surface area contributed by atoms with Crippen LogP contribution in [0.5, 0.6) is 0 Å². The minimum atomic E-state index is -3.59. The van der Waals surface area contributed by atoms with E-state index in [0.717, 1.165) is 31.2 Å². The highest BCUT2D eigenvalue weighted by Gasteiger charge is 2.30. The number of ether oxygens (including phenoxy) is 1. The van der Waals surface area contributed by atoms with Crippen molar-refractivity contribution in [2.24, 2.45) is 0 Å².